The smallest absolute Gasteiger partial charge is 0.0347 e. The van der Waals surface area contributed by atoms with Crippen LogP contribution in [0.1, 0.15) is 25.7 Å². The van der Waals surface area contributed by atoms with E-state index in [1.165, 1.54) is 25.7 Å². The molecule has 1 rings (SSSR count). The molecule has 1 aliphatic rings. The van der Waals surface area contributed by atoms with Crippen molar-refractivity contribution in [2.75, 3.05) is 0 Å². The van der Waals surface area contributed by atoms with Crippen LogP contribution in [0, 0.1) is 0 Å². The fourth-order valence-corrected chi connectivity index (χ4v) is 1.26. The SMILES string of the molecule is C1=CCCCC/C=C/C=C/C=C\C=C\1. The van der Waals surface area contributed by atoms with Gasteiger partial charge in [-0.1, -0.05) is 60.8 Å². The third kappa shape index (κ3) is 6.24. The second-order valence-corrected chi connectivity index (χ2v) is 3.30. The second kappa shape index (κ2) is 8.31. The summed E-state index contributed by atoms with van der Waals surface area (Å²) in [6, 6.07) is 0. The fraction of sp³-hybridized carbons (Fsp3) is 0.286. The van der Waals surface area contributed by atoms with Gasteiger partial charge >= 0.3 is 0 Å². The van der Waals surface area contributed by atoms with Crippen molar-refractivity contribution in [2.45, 2.75) is 25.7 Å². The number of hydrogen-bond acceptors (Lipinski definition) is 0. The van der Waals surface area contributed by atoms with Gasteiger partial charge in [-0.05, 0) is 25.7 Å². The van der Waals surface area contributed by atoms with E-state index in [4.69, 9.17) is 0 Å². The molecule has 0 aromatic heterocycles. The normalized spacial score (nSPS) is 27.4. The standard InChI is InChI=1S/C14H18/c1-2-4-6-8-10-12-14-13-11-9-7-5-3-1/h1-10H,11-14H2/b2-1-,5-3+,6-4+,9-7+,10-8?. The van der Waals surface area contributed by atoms with Crippen molar-refractivity contribution in [1.29, 1.82) is 0 Å². The summed E-state index contributed by atoms with van der Waals surface area (Å²) in [6.07, 6.45) is 26.0. The zero-order valence-corrected chi connectivity index (χ0v) is 8.60. The molecule has 14 heavy (non-hydrogen) atoms. The molecule has 74 valence electrons. The minimum absolute atomic E-state index is 1.19. The van der Waals surface area contributed by atoms with Crippen molar-refractivity contribution in [3.63, 3.8) is 0 Å². The topological polar surface area (TPSA) is 0 Å². The van der Waals surface area contributed by atoms with Crippen molar-refractivity contribution in [1.82, 2.24) is 0 Å². The van der Waals surface area contributed by atoms with E-state index in [1.54, 1.807) is 0 Å². The summed E-state index contributed by atoms with van der Waals surface area (Å²) in [4.78, 5) is 0. The van der Waals surface area contributed by atoms with Gasteiger partial charge in [0.1, 0.15) is 0 Å². The quantitative estimate of drug-likeness (QED) is 0.528. The molecule has 0 aromatic rings. The van der Waals surface area contributed by atoms with Crippen LogP contribution in [0.3, 0.4) is 0 Å². The number of allylic oxidation sites excluding steroid dienone is 10. The highest BCUT2D eigenvalue weighted by molar-refractivity contribution is 5.17. The Morgan fingerprint density at radius 3 is 1.21 bits per heavy atom. The highest BCUT2D eigenvalue weighted by atomic mass is 13.9. The Morgan fingerprint density at radius 2 is 0.786 bits per heavy atom. The number of hydrogen-bond donors (Lipinski definition) is 0. The molecule has 0 unspecified atom stereocenters. The lowest BCUT2D eigenvalue weighted by molar-refractivity contribution is 0.762. The molecule has 0 N–H and O–H groups in total. The van der Waals surface area contributed by atoms with Gasteiger partial charge in [-0.3, -0.25) is 0 Å². The third-order valence-electron chi connectivity index (χ3n) is 2.04. The minimum atomic E-state index is 1.19. The summed E-state index contributed by atoms with van der Waals surface area (Å²) in [5, 5.41) is 0. The van der Waals surface area contributed by atoms with Gasteiger partial charge in [0.25, 0.3) is 0 Å². The van der Waals surface area contributed by atoms with Gasteiger partial charge in [-0.2, -0.15) is 0 Å². The van der Waals surface area contributed by atoms with Crippen LogP contribution < -0.4 is 0 Å². The first kappa shape index (κ1) is 10.8. The van der Waals surface area contributed by atoms with Crippen LogP contribution in [0.25, 0.3) is 0 Å². The molecule has 0 saturated carbocycles. The van der Waals surface area contributed by atoms with Crippen LogP contribution in [-0.4, -0.2) is 0 Å². The van der Waals surface area contributed by atoms with E-state index in [0.29, 0.717) is 0 Å². The zero-order chi connectivity index (χ0) is 9.90. The summed E-state index contributed by atoms with van der Waals surface area (Å²) in [7, 11) is 0. The van der Waals surface area contributed by atoms with E-state index in [-0.39, 0.29) is 0 Å². The van der Waals surface area contributed by atoms with Crippen LogP contribution in [-0.2, 0) is 0 Å². The molecule has 0 radical (unpaired) electrons. The Morgan fingerprint density at radius 1 is 0.429 bits per heavy atom. The van der Waals surface area contributed by atoms with Gasteiger partial charge in [0.05, 0.1) is 0 Å². The van der Waals surface area contributed by atoms with Gasteiger partial charge in [-0.25, -0.2) is 0 Å². The van der Waals surface area contributed by atoms with E-state index in [0.717, 1.165) is 0 Å². The van der Waals surface area contributed by atoms with E-state index >= 15 is 0 Å². The van der Waals surface area contributed by atoms with E-state index in [2.05, 4.69) is 48.6 Å². The summed E-state index contributed by atoms with van der Waals surface area (Å²) >= 11 is 0. The molecule has 0 nitrogen and oxygen atoms in total. The molecule has 0 atom stereocenters. The van der Waals surface area contributed by atoms with Gasteiger partial charge in [-0.15, -0.1) is 0 Å². The molecule has 0 spiro atoms. The Kier molecular flexibility index (Phi) is 6.39. The van der Waals surface area contributed by atoms with Crippen molar-refractivity contribution >= 4 is 0 Å². The number of rotatable bonds is 0. The lowest BCUT2D eigenvalue weighted by Crippen LogP contribution is -1.71. The Balaban J connectivity index is 2.46. The van der Waals surface area contributed by atoms with E-state index in [1.807, 2.05) is 12.2 Å². The third-order valence-corrected chi connectivity index (χ3v) is 2.04. The van der Waals surface area contributed by atoms with Gasteiger partial charge in [0.2, 0.25) is 0 Å². The van der Waals surface area contributed by atoms with Gasteiger partial charge in [0, 0.05) is 0 Å². The molecule has 0 aliphatic heterocycles. The molecule has 0 heterocycles. The fourth-order valence-electron chi connectivity index (χ4n) is 1.26. The van der Waals surface area contributed by atoms with Gasteiger partial charge < -0.3 is 0 Å². The average Bonchev–Trinajstić information content (AvgIpc) is 2.22. The highest BCUT2D eigenvalue weighted by Gasteiger charge is 1.82. The molecule has 0 fully saturated rings. The maximum Gasteiger partial charge on any atom is -0.0347 e. The van der Waals surface area contributed by atoms with Crippen LogP contribution >= 0.6 is 0 Å². The van der Waals surface area contributed by atoms with Gasteiger partial charge in [0.15, 0.2) is 0 Å². The first-order valence-corrected chi connectivity index (χ1v) is 5.32. The maximum absolute atomic E-state index is 2.23. The van der Waals surface area contributed by atoms with Crippen molar-refractivity contribution in [2.24, 2.45) is 0 Å². The summed E-state index contributed by atoms with van der Waals surface area (Å²) in [6.45, 7) is 0. The predicted molar refractivity (Wildman–Crippen MR) is 64.2 cm³/mol. The van der Waals surface area contributed by atoms with Crippen LogP contribution in [0.5, 0.6) is 0 Å². The van der Waals surface area contributed by atoms with E-state index < -0.39 is 0 Å². The average molecular weight is 186 g/mol. The van der Waals surface area contributed by atoms with Crippen molar-refractivity contribution in [3.05, 3.63) is 60.8 Å². The first-order chi connectivity index (χ1) is 7.00. The molecule has 0 aromatic carbocycles. The molecule has 1 aliphatic carbocycles. The Hall–Kier alpha value is -1.30. The van der Waals surface area contributed by atoms with E-state index in [9.17, 15) is 0 Å². The maximum atomic E-state index is 2.23. The van der Waals surface area contributed by atoms with Crippen LogP contribution in [0.4, 0.5) is 0 Å². The van der Waals surface area contributed by atoms with Crippen LogP contribution in [0.2, 0.25) is 0 Å². The molecule has 0 saturated heterocycles. The first-order valence-electron chi connectivity index (χ1n) is 5.32. The Bertz CT molecular complexity index is 234. The Labute approximate surface area is 87.0 Å². The molecule has 0 bridgehead atoms. The van der Waals surface area contributed by atoms with Crippen LogP contribution in [0.15, 0.2) is 60.8 Å². The largest absolute Gasteiger partial charge is 0.0845 e. The molecule has 0 amide bonds. The minimum Gasteiger partial charge on any atom is -0.0845 e. The highest BCUT2D eigenvalue weighted by Crippen LogP contribution is 2.02. The zero-order valence-electron chi connectivity index (χ0n) is 8.60. The summed E-state index contributed by atoms with van der Waals surface area (Å²) in [5.74, 6) is 0. The van der Waals surface area contributed by atoms with Crippen molar-refractivity contribution < 1.29 is 0 Å². The second-order valence-electron chi connectivity index (χ2n) is 3.30. The monoisotopic (exact) mass is 186 g/mol. The summed E-state index contributed by atoms with van der Waals surface area (Å²) < 4.78 is 0. The molecule has 0 heteroatoms. The molecular weight excluding hydrogens is 168 g/mol. The summed E-state index contributed by atoms with van der Waals surface area (Å²) in [5.41, 5.74) is 0. The predicted octanol–water partition coefficient (Wildman–Crippen LogP) is 4.34. The van der Waals surface area contributed by atoms with Crippen molar-refractivity contribution in [3.8, 4) is 0 Å². The molecular formula is C14H18. The lowest BCUT2D eigenvalue weighted by atomic mass is 10.1. The lowest BCUT2D eigenvalue weighted by Gasteiger charge is -1.91.